The topological polar surface area (TPSA) is 394 Å². The monoisotopic (exact) mass is 1880 g/mol. The molecule has 0 bridgehead atoms. The van der Waals surface area contributed by atoms with Crippen molar-refractivity contribution in [2.75, 3.05) is 75.6 Å². The molecule has 654 valence electrons. The van der Waals surface area contributed by atoms with Gasteiger partial charge in [0, 0.05) is 113 Å². The number of halogens is 4. The fourth-order valence-corrected chi connectivity index (χ4v) is 15.9. The first-order valence-electron chi connectivity index (χ1n) is 39.9. The Morgan fingerprint density at radius 2 is 0.558 bits per heavy atom. The predicted octanol–water partition coefficient (Wildman–Crippen LogP) is 20.0. The van der Waals surface area contributed by atoms with Crippen LogP contribution < -0.4 is 61.5 Å². The van der Waals surface area contributed by atoms with Crippen molar-refractivity contribution in [1.29, 1.82) is 0 Å². The molecule has 33 nitrogen and oxygen atoms in total. The lowest BCUT2D eigenvalue weighted by Crippen LogP contribution is -2.12. The number of nitrogens with zero attached hydrogens (tertiary/aromatic N) is 16. The number of nitrogens with one attached hydrogen (secondary N) is 8. The predicted molar refractivity (Wildman–Crippen MR) is 510 cm³/mol. The lowest BCUT2D eigenvalue weighted by molar-refractivity contribution is 0.227. The Morgan fingerprint density at radius 3 is 0.783 bits per heavy atom. The number of aliphatic hydroxyl groups excluding tert-OH is 1. The van der Waals surface area contributed by atoms with Crippen LogP contribution in [0.3, 0.4) is 0 Å². The number of aliphatic imine (C=N–C) groups is 4. The maximum absolute atomic E-state index is 9.22. The molecule has 4 atom stereocenters. The molecule has 0 spiro atoms. The van der Waals surface area contributed by atoms with E-state index in [2.05, 4.69) is 122 Å². The Bertz CT molecular complexity index is 6270. The van der Waals surface area contributed by atoms with Gasteiger partial charge in [0.1, 0.15) is 151 Å². The van der Waals surface area contributed by atoms with Crippen molar-refractivity contribution in [3.63, 3.8) is 0 Å². The average Bonchev–Trinajstić information content (AvgIpc) is 1.01. The van der Waals surface area contributed by atoms with Gasteiger partial charge in [0.25, 0.3) is 24.1 Å². The Balaban J connectivity index is 0.000000121. The highest BCUT2D eigenvalue weighted by molar-refractivity contribution is 7.10. The van der Waals surface area contributed by atoms with Gasteiger partial charge in [0.05, 0.1) is 66.9 Å². The molecule has 9 N–H and O–H groups in total. The first-order valence-corrected chi connectivity index (χ1v) is 44.9. The molecule has 41 heteroatoms. The molecule has 16 aromatic rings. The van der Waals surface area contributed by atoms with Gasteiger partial charge in [-0.05, 0) is 166 Å². The second kappa shape index (κ2) is 41.8. The van der Waals surface area contributed by atoms with Gasteiger partial charge in [-0.25, -0.2) is 79.8 Å². The summed E-state index contributed by atoms with van der Waals surface area (Å²) < 4.78 is 45.2. The van der Waals surface area contributed by atoms with E-state index in [-0.39, 0.29) is 30.8 Å². The summed E-state index contributed by atoms with van der Waals surface area (Å²) in [6.45, 7) is 9.56. The summed E-state index contributed by atoms with van der Waals surface area (Å²) in [5.74, 6) is 4.97. The van der Waals surface area contributed by atoms with E-state index in [0.29, 0.717) is 143 Å². The normalized spacial score (nSPS) is 15.3. The van der Waals surface area contributed by atoms with Crippen LogP contribution in [0.5, 0.6) is 23.0 Å². The third-order valence-electron chi connectivity index (χ3n) is 19.0. The van der Waals surface area contributed by atoms with Gasteiger partial charge in [0.2, 0.25) is 0 Å². The molecule has 20 rings (SSSR count). The van der Waals surface area contributed by atoms with Gasteiger partial charge in [-0.15, -0.1) is 45.3 Å². The maximum Gasteiger partial charge on any atom is 0.289 e. The smallest absolute Gasteiger partial charge is 0.289 e. The number of hydrogen-bond donors (Lipinski definition) is 9. The minimum atomic E-state index is -0.244. The van der Waals surface area contributed by atoms with Crippen molar-refractivity contribution in [2.24, 2.45) is 20.0 Å². The molecule has 0 saturated heterocycles. The molecule has 8 aromatic heterocycles. The van der Waals surface area contributed by atoms with Crippen LogP contribution in [-0.4, -0.2) is 146 Å². The van der Waals surface area contributed by atoms with Crippen LogP contribution in [0.4, 0.5) is 68.8 Å². The van der Waals surface area contributed by atoms with Crippen molar-refractivity contribution < 1.29 is 43.0 Å². The highest BCUT2D eigenvalue weighted by Gasteiger charge is 2.23. The number of benzene rings is 8. The number of thiazole rings is 4. The molecule has 0 aliphatic carbocycles. The van der Waals surface area contributed by atoms with E-state index < -0.39 is 0 Å². The zero-order valence-corrected chi connectivity index (χ0v) is 74.8. The Hall–Kier alpha value is -13.8. The molecule has 0 radical (unpaired) electrons. The Morgan fingerprint density at radius 1 is 0.310 bits per heavy atom. The summed E-state index contributed by atoms with van der Waals surface area (Å²) in [5.41, 5.74) is 9.60. The maximum atomic E-state index is 9.22. The lowest BCUT2D eigenvalue weighted by atomic mass is 10.2. The fourth-order valence-electron chi connectivity index (χ4n) is 12.8. The summed E-state index contributed by atoms with van der Waals surface area (Å²) in [4.78, 5) is 69.4. The third-order valence-corrected chi connectivity index (χ3v) is 23.2. The number of fused-ring (bicyclic) bond motifs is 4. The largest absolute Gasteiger partial charge is 0.485 e. The van der Waals surface area contributed by atoms with Crippen molar-refractivity contribution in [3.05, 3.63) is 257 Å². The van der Waals surface area contributed by atoms with Gasteiger partial charge in [-0.1, -0.05) is 46.4 Å². The van der Waals surface area contributed by atoms with Crippen molar-refractivity contribution in [2.45, 2.75) is 71.4 Å². The summed E-state index contributed by atoms with van der Waals surface area (Å²) in [7, 11) is 0. The van der Waals surface area contributed by atoms with E-state index in [1.807, 2.05) is 164 Å². The molecular weight excluding hydrogens is 1810 g/mol. The standard InChI is InChI=1S/C22H19ClN6O3S.3C22H19ClN6O2S/c23-17-8-14(2-4-19(17)31-11-20-24-5-6-33-20)27-21-16-7-13(1-3-18(16)25-12-26-21)28-22-29-15(9-30)10-32-22;3*1-13-10-31-22(27-13)29-14-2-4-18-16(8-14)21(26-12-25-18)28-15-3-5-19(17(23)9-15)30-11-20-24-6-7-32-20/h1-8,12,15,30H,9-11H2,(H,28,29)(H,25,26,27);3*2-9,12-13H,10-11H2,1H3,(H,27,29)(H,25,26,28)/t;2*13-;/m.10./s1. The van der Waals surface area contributed by atoms with Gasteiger partial charge in [0.15, 0.2) is 0 Å². The molecule has 0 fully saturated rings. The number of rotatable bonds is 25. The average molecular weight is 1880 g/mol. The van der Waals surface area contributed by atoms with Crippen LogP contribution in [0, 0.1) is 0 Å². The SMILES string of the molecule is CC1COC(Nc2ccc3ncnc(Nc4ccc(OCc5nccs5)c(Cl)c4)c3c2)=N1.C[C@@H]1COC(Nc2ccc3ncnc(Nc4ccc(OCc5nccs5)c(Cl)c4)c3c2)=N1.C[C@H]1COC(Nc2ccc3ncnc(Nc4ccc(OCc5nccs5)c(Cl)c4)c3c2)=N1.OCC1COC(Nc2ccc3ncnc(Nc4ccc(OCc5nccs5)c(Cl)c4)c3c2)=N1. The molecular formula is C88H76Cl4N24O9S4. The fraction of sp³-hybridized carbons (Fsp3) is 0.182. The molecule has 0 amide bonds. The van der Waals surface area contributed by atoms with Crippen LogP contribution in [0.25, 0.3) is 43.6 Å². The van der Waals surface area contributed by atoms with Crippen LogP contribution >= 0.6 is 91.8 Å². The second-order valence-corrected chi connectivity index (χ2v) is 34.2. The Kier molecular flexibility index (Phi) is 28.3. The quantitative estimate of drug-likeness (QED) is 0.0257. The summed E-state index contributed by atoms with van der Waals surface area (Å²) in [5, 5.41) is 51.7. The van der Waals surface area contributed by atoms with Gasteiger partial charge in [-0.2, -0.15) is 0 Å². The molecule has 4 aliphatic rings. The first kappa shape index (κ1) is 87.3. The summed E-state index contributed by atoms with van der Waals surface area (Å²) in [6.07, 6.45) is 13.1. The van der Waals surface area contributed by atoms with Gasteiger partial charge in [-0.3, -0.25) is 0 Å². The molecule has 129 heavy (non-hydrogen) atoms. The first-order chi connectivity index (χ1) is 63.1. The number of amidine groups is 4. The molecule has 8 aromatic carbocycles. The number of aliphatic hydroxyl groups is 1. The molecule has 12 heterocycles. The molecule has 0 saturated carbocycles. The summed E-state index contributed by atoms with van der Waals surface area (Å²) in [6, 6.07) is 47.2. The van der Waals surface area contributed by atoms with Gasteiger partial charge < -0.3 is 85.5 Å². The number of aromatic nitrogens is 12. The van der Waals surface area contributed by atoms with Crippen LogP contribution in [-0.2, 0) is 45.4 Å². The van der Waals surface area contributed by atoms with Crippen LogP contribution in [0.1, 0.15) is 40.8 Å². The lowest BCUT2D eigenvalue weighted by Gasteiger charge is -2.12. The van der Waals surface area contributed by atoms with E-state index >= 15 is 0 Å². The van der Waals surface area contributed by atoms with Crippen LogP contribution in [0.2, 0.25) is 20.1 Å². The summed E-state index contributed by atoms with van der Waals surface area (Å²) >= 11 is 31.9. The van der Waals surface area contributed by atoms with Crippen molar-refractivity contribution >= 4 is 228 Å². The molecule has 4 aliphatic heterocycles. The van der Waals surface area contributed by atoms with E-state index in [0.717, 1.165) is 109 Å². The van der Waals surface area contributed by atoms with E-state index in [4.69, 9.17) is 84.3 Å². The zero-order valence-electron chi connectivity index (χ0n) is 68.5. The number of hydrogen-bond acceptors (Lipinski definition) is 37. The van der Waals surface area contributed by atoms with E-state index in [1.54, 1.807) is 49.1 Å². The minimum absolute atomic E-state index is 0.0535. The highest BCUT2D eigenvalue weighted by atomic mass is 35.5. The van der Waals surface area contributed by atoms with E-state index in [1.165, 1.54) is 70.7 Å². The van der Waals surface area contributed by atoms with Crippen LogP contribution in [0.15, 0.2) is 237 Å². The van der Waals surface area contributed by atoms with Gasteiger partial charge >= 0.3 is 0 Å². The van der Waals surface area contributed by atoms with E-state index in [9.17, 15) is 5.11 Å². The zero-order chi connectivity index (χ0) is 88.4. The van der Waals surface area contributed by atoms with Crippen molar-refractivity contribution in [1.82, 2.24) is 59.8 Å². The Labute approximate surface area is 772 Å². The number of ether oxygens (including phenoxy) is 8. The van der Waals surface area contributed by atoms with Crippen molar-refractivity contribution in [3.8, 4) is 23.0 Å². The molecule has 2 unspecified atom stereocenters. The minimum Gasteiger partial charge on any atom is -0.485 e. The highest BCUT2D eigenvalue weighted by Crippen LogP contribution is 2.38. The third kappa shape index (κ3) is 23.4. The second-order valence-electron chi connectivity index (χ2n) is 28.6. The number of anilines is 12.